The molecule has 0 aliphatic carbocycles. The minimum Gasteiger partial charge on any atom is -0.370 e. The number of pyridine rings is 2. The summed E-state index contributed by atoms with van der Waals surface area (Å²) in [5, 5.41) is 7.57. The van der Waals surface area contributed by atoms with E-state index in [4.69, 9.17) is 11.1 Å². The van der Waals surface area contributed by atoms with Crippen molar-refractivity contribution in [2.75, 3.05) is 12.5 Å². The lowest BCUT2D eigenvalue weighted by atomic mass is 9.99. The largest absolute Gasteiger partial charge is 0.370 e. The number of hydrazine groups is 1. The molecule has 8 nitrogen and oxygen atoms in total. The van der Waals surface area contributed by atoms with E-state index in [0.29, 0.717) is 16.9 Å². The van der Waals surface area contributed by atoms with E-state index in [9.17, 15) is 4.79 Å². The number of likely N-dealkylation sites (N-methyl/N-ethyl adjacent to an activating group) is 1. The number of nitrogens with zero attached hydrogens (tertiary/aromatic N) is 3. The molecule has 0 saturated carbocycles. The molecule has 122 valence electrons. The molecule has 0 aromatic carbocycles. The fourth-order valence-electron chi connectivity index (χ4n) is 3.08. The van der Waals surface area contributed by atoms with Crippen molar-refractivity contribution in [3.8, 4) is 5.82 Å². The van der Waals surface area contributed by atoms with Gasteiger partial charge >= 0.3 is 0 Å². The average Bonchev–Trinajstić information content (AvgIpc) is 2.98. The van der Waals surface area contributed by atoms with Crippen LogP contribution < -0.4 is 22.1 Å². The number of hydrogen-bond acceptors (Lipinski definition) is 7. The van der Waals surface area contributed by atoms with Crippen LogP contribution in [0.5, 0.6) is 0 Å². The Hall–Kier alpha value is -2.97. The molecule has 2 unspecified atom stereocenters. The van der Waals surface area contributed by atoms with Gasteiger partial charge in [-0.3, -0.25) is 9.36 Å². The van der Waals surface area contributed by atoms with Gasteiger partial charge in [0.05, 0.1) is 17.3 Å². The Bertz CT molecular complexity index is 917. The maximum absolute atomic E-state index is 13.0. The highest BCUT2D eigenvalue weighted by atomic mass is 16.1. The lowest BCUT2D eigenvalue weighted by molar-refractivity contribution is 0.342. The summed E-state index contributed by atoms with van der Waals surface area (Å²) in [6, 6.07) is 3.54. The van der Waals surface area contributed by atoms with Crippen LogP contribution in [0.4, 0.5) is 5.69 Å². The normalized spacial score (nSPS) is 21.2. The van der Waals surface area contributed by atoms with Crippen LogP contribution >= 0.6 is 0 Å². The molecule has 8 heteroatoms. The SMILES string of the molecule is CN1C=CC1c1cn(-c2ncccc2C=N)c(=O)c2c1NNC2N. The summed E-state index contributed by atoms with van der Waals surface area (Å²) in [5.41, 5.74) is 14.4. The molecule has 0 spiro atoms. The van der Waals surface area contributed by atoms with Crippen LogP contribution in [0.25, 0.3) is 5.82 Å². The van der Waals surface area contributed by atoms with Crippen molar-refractivity contribution in [1.82, 2.24) is 19.9 Å². The first-order valence-corrected chi connectivity index (χ1v) is 7.54. The quantitative estimate of drug-likeness (QED) is 0.616. The van der Waals surface area contributed by atoms with Gasteiger partial charge in [0.25, 0.3) is 5.56 Å². The molecule has 4 rings (SSSR count). The Balaban J connectivity index is 2.00. The smallest absolute Gasteiger partial charge is 0.264 e. The highest BCUT2D eigenvalue weighted by Gasteiger charge is 2.32. The average molecular weight is 323 g/mol. The number of aromatic nitrogens is 2. The number of hydrogen-bond donors (Lipinski definition) is 4. The van der Waals surface area contributed by atoms with Gasteiger partial charge in [0.1, 0.15) is 12.0 Å². The zero-order valence-corrected chi connectivity index (χ0v) is 13.0. The van der Waals surface area contributed by atoms with Gasteiger partial charge in [0, 0.05) is 36.8 Å². The van der Waals surface area contributed by atoms with Crippen molar-refractivity contribution in [2.24, 2.45) is 5.73 Å². The minimum atomic E-state index is -0.597. The Kier molecular flexibility index (Phi) is 3.22. The van der Waals surface area contributed by atoms with Crippen molar-refractivity contribution in [1.29, 1.82) is 5.41 Å². The van der Waals surface area contributed by atoms with Crippen molar-refractivity contribution >= 4 is 11.9 Å². The van der Waals surface area contributed by atoms with Crippen LogP contribution in [0.3, 0.4) is 0 Å². The maximum Gasteiger partial charge on any atom is 0.264 e. The van der Waals surface area contributed by atoms with Crippen LogP contribution in [-0.4, -0.2) is 27.7 Å². The van der Waals surface area contributed by atoms with Gasteiger partial charge in [-0.1, -0.05) is 0 Å². The summed E-state index contributed by atoms with van der Waals surface area (Å²) in [6.07, 6.45) is 7.99. The molecule has 4 heterocycles. The number of nitrogens with two attached hydrogens (primary N) is 1. The van der Waals surface area contributed by atoms with E-state index in [0.717, 1.165) is 11.3 Å². The molecule has 2 aliphatic heterocycles. The Labute approximate surface area is 138 Å². The number of anilines is 1. The lowest BCUT2D eigenvalue weighted by Gasteiger charge is -2.33. The van der Waals surface area contributed by atoms with E-state index in [1.54, 1.807) is 24.5 Å². The second-order valence-corrected chi connectivity index (χ2v) is 5.81. The molecule has 5 N–H and O–H groups in total. The third-order valence-corrected chi connectivity index (χ3v) is 4.40. The second-order valence-electron chi connectivity index (χ2n) is 5.81. The van der Waals surface area contributed by atoms with Crippen molar-refractivity contribution in [3.05, 3.63) is 63.8 Å². The number of rotatable bonds is 3. The maximum atomic E-state index is 13.0. The van der Waals surface area contributed by atoms with Gasteiger partial charge in [0.2, 0.25) is 0 Å². The van der Waals surface area contributed by atoms with E-state index >= 15 is 0 Å². The highest BCUT2D eigenvalue weighted by molar-refractivity contribution is 5.81. The van der Waals surface area contributed by atoms with E-state index in [1.807, 2.05) is 24.2 Å². The Morgan fingerprint density at radius 1 is 1.46 bits per heavy atom. The van der Waals surface area contributed by atoms with Crippen LogP contribution in [-0.2, 0) is 0 Å². The van der Waals surface area contributed by atoms with Crippen molar-refractivity contribution in [2.45, 2.75) is 12.2 Å². The van der Waals surface area contributed by atoms with Gasteiger partial charge in [-0.2, -0.15) is 0 Å². The predicted octanol–water partition coefficient (Wildman–Crippen LogP) is 0.618. The summed E-state index contributed by atoms with van der Waals surface area (Å²) >= 11 is 0. The Morgan fingerprint density at radius 3 is 2.96 bits per heavy atom. The van der Waals surface area contributed by atoms with E-state index in [2.05, 4.69) is 15.8 Å². The zero-order valence-electron chi connectivity index (χ0n) is 13.0. The van der Waals surface area contributed by atoms with E-state index < -0.39 is 6.17 Å². The van der Waals surface area contributed by atoms with Crippen molar-refractivity contribution < 1.29 is 0 Å². The molecule has 2 aromatic heterocycles. The molecular formula is C16H17N7O. The van der Waals surface area contributed by atoms with Gasteiger partial charge in [-0.25, -0.2) is 10.4 Å². The molecule has 24 heavy (non-hydrogen) atoms. The van der Waals surface area contributed by atoms with Crippen molar-refractivity contribution in [3.63, 3.8) is 0 Å². The highest BCUT2D eigenvalue weighted by Crippen LogP contribution is 2.37. The van der Waals surface area contributed by atoms with Gasteiger partial charge in [-0.15, -0.1) is 0 Å². The molecule has 0 bridgehead atoms. The van der Waals surface area contributed by atoms with Gasteiger partial charge in [0.15, 0.2) is 0 Å². The summed E-state index contributed by atoms with van der Waals surface area (Å²) in [7, 11) is 1.97. The number of fused-ring (bicyclic) bond motifs is 1. The second kappa shape index (κ2) is 5.29. The van der Waals surface area contributed by atoms with Gasteiger partial charge < -0.3 is 21.5 Å². The summed E-state index contributed by atoms with van der Waals surface area (Å²) in [4.78, 5) is 19.3. The topological polar surface area (TPSA) is 112 Å². The Morgan fingerprint density at radius 2 is 2.29 bits per heavy atom. The third-order valence-electron chi connectivity index (χ3n) is 4.40. The first kappa shape index (κ1) is 14.6. The predicted molar refractivity (Wildman–Crippen MR) is 91.1 cm³/mol. The summed E-state index contributed by atoms with van der Waals surface area (Å²) in [6.45, 7) is 0. The summed E-state index contributed by atoms with van der Waals surface area (Å²) in [5.74, 6) is 0.423. The monoisotopic (exact) mass is 323 g/mol. The molecule has 2 aliphatic rings. The van der Waals surface area contributed by atoms with E-state index in [-0.39, 0.29) is 11.6 Å². The van der Waals surface area contributed by atoms with Crippen LogP contribution in [0.1, 0.15) is 28.9 Å². The number of nitrogens with one attached hydrogen (secondary N) is 3. The summed E-state index contributed by atoms with van der Waals surface area (Å²) < 4.78 is 1.48. The molecule has 0 saturated heterocycles. The molecule has 0 amide bonds. The molecule has 0 fully saturated rings. The van der Waals surface area contributed by atoms with Gasteiger partial charge in [-0.05, 0) is 24.4 Å². The van der Waals surface area contributed by atoms with Crippen LogP contribution in [0.15, 0.2) is 41.6 Å². The van der Waals surface area contributed by atoms with Crippen LogP contribution in [0, 0.1) is 5.41 Å². The zero-order chi connectivity index (χ0) is 16.8. The first-order chi connectivity index (χ1) is 11.6. The fraction of sp³-hybridized carbons (Fsp3) is 0.188. The lowest BCUT2D eigenvalue weighted by Crippen LogP contribution is -2.32. The van der Waals surface area contributed by atoms with E-state index in [1.165, 1.54) is 10.8 Å². The molecule has 2 aromatic rings. The molecule has 2 atom stereocenters. The standard InChI is InChI=1S/C16H17N7O/c1-22-6-4-11(22)10-8-23(15-9(7-17)3-2-5-19-15)16(24)12-13(10)20-21-14(12)18/h2-8,11,14,17,20-21H,18H2,1H3. The third kappa shape index (κ3) is 1.97. The fourth-order valence-corrected chi connectivity index (χ4v) is 3.08. The molecule has 0 radical (unpaired) electrons. The first-order valence-electron chi connectivity index (χ1n) is 7.54. The molecular weight excluding hydrogens is 306 g/mol. The minimum absolute atomic E-state index is 0.0531. The van der Waals surface area contributed by atoms with Crippen LogP contribution in [0.2, 0.25) is 0 Å².